The molecule has 0 N–H and O–H groups in total. The maximum absolute atomic E-state index is 12.0. The lowest BCUT2D eigenvalue weighted by molar-refractivity contribution is 0.0994. The van der Waals surface area contributed by atoms with Gasteiger partial charge in [-0.2, -0.15) is 0 Å². The maximum atomic E-state index is 12.0. The second kappa shape index (κ2) is 7.68. The van der Waals surface area contributed by atoms with Crippen LogP contribution in [-0.2, 0) is 0 Å². The van der Waals surface area contributed by atoms with Crippen LogP contribution in [0.15, 0.2) is 36.4 Å². The Hall–Kier alpha value is -1.83. The summed E-state index contributed by atoms with van der Waals surface area (Å²) in [7, 11) is 0. The van der Waals surface area contributed by atoms with Crippen molar-refractivity contribution >= 4 is 22.4 Å². The first kappa shape index (κ1) is 16.2. The largest absolute Gasteiger partial charge is 0.308 e. The van der Waals surface area contributed by atoms with Crippen molar-refractivity contribution < 1.29 is 4.79 Å². The Labute approximate surface area is 122 Å². The average molecular weight is 271 g/mol. The monoisotopic (exact) mass is 271 g/mol. The minimum Gasteiger partial charge on any atom is -0.308 e. The van der Waals surface area contributed by atoms with Gasteiger partial charge in [-0.3, -0.25) is 4.79 Å². The minimum atomic E-state index is 0.129. The van der Waals surface area contributed by atoms with E-state index in [1.807, 2.05) is 49.9 Å². The first-order chi connectivity index (χ1) is 9.74. The highest BCUT2D eigenvalue weighted by Crippen LogP contribution is 2.36. The number of hydrogen-bond donors (Lipinski definition) is 0. The Morgan fingerprint density at radius 1 is 0.950 bits per heavy atom. The highest BCUT2D eigenvalue weighted by molar-refractivity contribution is 6.24. The molecule has 0 atom stereocenters. The molecule has 0 aliphatic carbocycles. The van der Waals surface area contributed by atoms with E-state index in [0.717, 1.165) is 28.6 Å². The zero-order valence-corrected chi connectivity index (χ0v) is 13.2. The van der Waals surface area contributed by atoms with E-state index in [-0.39, 0.29) is 5.91 Å². The Balaban J connectivity index is 0.000000357. The van der Waals surface area contributed by atoms with Crippen molar-refractivity contribution in [2.45, 2.75) is 41.0 Å². The van der Waals surface area contributed by atoms with Gasteiger partial charge in [0.1, 0.15) is 0 Å². The van der Waals surface area contributed by atoms with Crippen molar-refractivity contribution in [3.8, 4) is 0 Å². The standard InChI is InChI=1S/C13H11NO.C3H8.C2H6/c1-2-14-11-8-4-6-9-5-3-7-10(12(9)11)13(14)15;1-3-2;1-2/h3-8H,2H2,1H3;3H2,1-2H3;1-2H3. The molecule has 0 saturated heterocycles. The molecule has 3 rings (SSSR count). The van der Waals surface area contributed by atoms with Crippen molar-refractivity contribution in [1.29, 1.82) is 0 Å². The quantitative estimate of drug-likeness (QED) is 0.692. The van der Waals surface area contributed by atoms with Crippen molar-refractivity contribution in [3.05, 3.63) is 42.0 Å². The Bertz CT molecular complexity index is 569. The van der Waals surface area contributed by atoms with Crippen LogP contribution in [0.25, 0.3) is 10.8 Å². The van der Waals surface area contributed by atoms with Gasteiger partial charge in [0.25, 0.3) is 5.91 Å². The zero-order valence-electron chi connectivity index (χ0n) is 13.2. The van der Waals surface area contributed by atoms with Crippen molar-refractivity contribution in [2.75, 3.05) is 11.4 Å². The van der Waals surface area contributed by atoms with E-state index in [2.05, 4.69) is 26.0 Å². The summed E-state index contributed by atoms with van der Waals surface area (Å²) in [4.78, 5) is 13.9. The van der Waals surface area contributed by atoms with Gasteiger partial charge in [0.2, 0.25) is 0 Å². The molecule has 2 aromatic carbocycles. The van der Waals surface area contributed by atoms with E-state index in [1.165, 1.54) is 6.42 Å². The molecule has 0 bridgehead atoms. The summed E-state index contributed by atoms with van der Waals surface area (Å²) in [6.45, 7) is 11.0. The van der Waals surface area contributed by atoms with E-state index in [1.54, 1.807) is 0 Å². The molecule has 1 heterocycles. The number of amides is 1. The van der Waals surface area contributed by atoms with Gasteiger partial charge in [-0.25, -0.2) is 0 Å². The fourth-order valence-electron chi connectivity index (χ4n) is 2.29. The topological polar surface area (TPSA) is 20.3 Å². The van der Waals surface area contributed by atoms with Gasteiger partial charge < -0.3 is 4.90 Å². The van der Waals surface area contributed by atoms with E-state index in [9.17, 15) is 4.79 Å². The van der Waals surface area contributed by atoms with Crippen LogP contribution in [0.5, 0.6) is 0 Å². The lowest BCUT2D eigenvalue weighted by atomic mass is 10.1. The summed E-state index contributed by atoms with van der Waals surface area (Å²) in [6.07, 6.45) is 1.25. The maximum Gasteiger partial charge on any atom is 0.258 e. The van der Waals surface area contributed by atoms with Crippen LogP contribution in [0.3, 0.4) is 0 Å². The lowest BCUT2D eigenvalue weighted by Gasteiger charge is -2.14. The second-order valence-electron chi connectivity index (χ2n) is 4.44. The number of hydrogen-bond acceptors (Lipinski definition) is 1. The number of benzene rings is 2. The van der Waals surface area contributed by atoms with Crippen molar-refractivity contribution in [3.63, 3.8) is 0 Å². The van der Waals surface area contributed by atoms with Crippen LogP contribution in [0.4, 0.5) is 5.69 Å². The fraction of sp³-hybridized carbons (Fsp3) is 0.389. The molecule has 108 valence electrons. The summed E-state index contributed by atoms with van der Waals surface area (Å²) < 4.78 is 0. The predicted molar refractivity (Wildman–Crippen MR) is 88.6 cm³/mol. The molecule has 2 heteroatoms. The van der Waals surface area contributed by atoms with Crippen LogP contribution in [0, 0.1) is 0 Å². The van der Waals surface area contributed by atoms with Crippen LogP contribution < -0.4 is 4.90 Å². The van der Waals surface area contributed by atoms with Crippen LogP contribution >= 0.6 is 0 Å². The average Bonchev–Trinajstić information content (AvgIpc) is 2.77. The van der Waals surface area contributed by atoms with Gasteiger partial charge in [-0.1, -0.05) is 58.4 Å². The number of rotatable bonds is 1. The van der Waals surface area contributed by atoms with Gasteiger partial charge in [0.15, 0.2) is 0 Å². The van der Waals surface area contributed by atoms with Gasteiger partial charge in [0.05, 0.1) is 5.69 Å². The van der Waals surface area contributed by atoms with E-state index in [0.29, 0.717) is 0 Å². The number of nitrogens with zero attached hydrogens (tertiary/aromatic N) is 1. The Morgan fingerprint density at radius 2 is 1.50 bits per heavy atom. The molecule has 0 radical (unpaired) electrons. The summed E-state index contributed by atoms with van der Waals surface area (Å²) in [5.41, 5.74) is 1.89. The van der Waals surface area contributed by atoms with Crippen LogP contribution in [0.2, 0.25) is 0 Å². The van der Waals surface area contributed by atoms with Gasteiger partial charge >= 0.3 is 0 Å². The second-order valence-corrected chi connectivity index (χ2v) is 4.44. The van der Waals surface area contributed by atoms with Gasteiger partial charge in [-0.15, -0.1) is 0 Å². The summed E-state index contributed by atoms with van der Waals surface area (Å²) in [5.74, 6) is 0.129. The highest BCUT2D eigenvalue weighted by atomic mass is 16.2. The molecule has 20 heavy (non-hydrogen) atoms. The third kappa shape index (κ3) is 2.84. The molecule has 1 aliphatic heterocycles. The third-order valence-electron chi connectivity index (χ3n) is 2.97. The first-order valence-electron chi connectivity index (χ1n) is 7.58. The molecule has 1 amide bonds. The molecular weight excluding hydrogens is 246 g/mol. The molecule has 0 unspecified atom stereocenters. The lowest BCUT2D eigenvalue weighted by Crippen LogP contribution is -2.25. The Kier molecular flexibility index (Phi) is 6.23. The van der Waals surface area contributed by atoms with Gasteiger partial charge in [-0.05, 0) is 24.4 Å². The molecule has 1 aliphatic rings. The number of anilines is 1. The molecule has 0 spiro atoms. The molecule has 0 fully saturated rings. The van der Waals surface area contributed by atoms with E-state index >= 15 is 0 Å². The van der Waals surface area contributed by atoms with Crippen LogP contribution in [-0.4, -0.2) is 12.5 Å². The molecular formula is C18H25NO. The summed E-state index contributed by atoms with van der Waals surface area (Å²) >= 11 is 0. The molecule has 2 aromatic rings. The molecule has 2 nitrogen and oxygen atoms in total. The normalized spacial score (nSPS) is 11.7. The predicted octanol–water partition coefficient (Wildman–Crippen LogP) is 5.26. The van der Waals surface area contributed by atoms with Crippen molar-refractivity contribution in [2.24, 2.45) is 0 Å². The first-order valence-corrected chi connectivity index (χ1v) is 7.58. The van der Waals surface area contributed by atoms with Crippen molar-refractivity contribution in [1.82, 2.24) is 0 Å². The zero-order chi connectivity index (χ0) is 15.1. The number of carbonyl (C=O) groups is 1. The molecule has 0 saturated carbocycles. The molecule has 0 aromatic heterocycles. The number of carbonyl (C=O) groups excluding carboxylic acids is 1. The minimum absolute atomic E-state index is 0.129. The summed E-state index contributed by atoms with van der Waals surface area (Å²) in [5, 5.41) is 2.25. The van der Waals surface area contributed by atoms with E-state index in [4.69, 9.17) is 0 Å². The third-order valence-corrected chi connectivity index (χ3v) is 2.97. The Morgan fingerprint density at radius 3 is 2.05 bits per heavy atom. The van der Waals surface area contributed by atoms with Crippen LogP contribution in [0.1, 0.15) is 51.4 Å². The summed E-state index contributed by atoms with van der Waals surface area (Å²) in [6, 6.07) is 12.0. The fourth-order valence-corrected chi connectivity index (χ4v) is 2.29. The smallest absolute Gasteiger partial charge is 0.258 e. The SMILES string of the molecule is CC.CCC.CCN1C(=O)c2cccc3cccc1c23. The van der Waals surface area contributed by atoms with Gasteiger partial charge in [0, 0.05) is 17.5 Å². The highest BCUT2D eigenvalue weighted by Gasteiger charge is 2.27. The van der Waals surface area contributed by atoms with E-state index < -0.39 is 0 Å².